The van der Waals surface area contributed by atoms with Crippen molar-refractivity contribution in [1.82, 2.24) is 10.9 Å². The Balaban J connectivity index is 1.65. The minimum absolute atomic E-state index is 0.0423. The highest BCUT2D eigenvalue weighted by atomic mass is 35.5. The highest BCUT2D eigenvalue weighted by Gasteiger charge is 2.30. The van der Waals surface area contributed by atoms with Crippen molar-refractivity contribution >= 4 is 34.8 Å². The zero-order valence-corrected chi connectivity index (χ0v) is 13.2. The number of halogens is 2. The molecule has 2 atom stereocenters. The molecule has 0 aliphatic carbocycles. The molecule has 1 aliphatic rings. The van der Waals surface area contributed by atoms with Crippen LogP contribution in [0.15, 0.2) is 48.5 Å². The van der Waals surface area contributed by atoms with Crippen LogP contribution in [0.2, 0.25) is 10.0 Å². The van der Waals surface area contributed by atoms with E-state index in [9.17, 15) is 4.79 Å². The smallest absolute Gasteiger partial charge is 0.242 e. The van der Waals surface area contributed by atoms with E-state index < -0.39 is 0 Å². The van der Waals surface area contributed by atoms with Crippen LogP contribution >= 0.6 is 23.2 Å². The number of hydrazine groups is 1. The Bertz CT molecular complexity index is 693. The third-order valence-corrected chi connectivity index (χ3v) is 4.17. The van der Waals surface area contributed by atoms with Crippen molar-refractivity contribution in [3.63, 3.8) is 0 Å². The van der Waals surface area contributed by atoms with Gasteiger partial charge in [0.05, 0.1) is 10.7 Å². The summed E-state index contributed by atoms with van der Waals surface area (Å²) in [5, 5.41) is 4.04. The van der Waals surface area contributed by atoms with Gasteiger partial charge in [0.25, 0.3) is 0 Å². The van der Waals surface area contributed by atoms with Crippen molar-refractivity contribution < 1.29 is 4.79 Å². The predicted molar refractivity (Wildman–Crippen MR) is 89.0 cm³/mol. The Morgan fingerprint density at radius 3 is 2.68 bits per heavy atom. The van der Waals surface area contributed by atoms with Crippen LogP contribution < -0.4 is 16.2 Å². The number of hydrogen-bond donors (Lipinski definition) is 3. The number of nitrogens with one attached hydrogen (secondary N) is 3. The molecule has 6 heteroatoms. The third kappa shape index (κ3) is 3.42. The molecule has 0 saturated carbocycles. The van der Waals surface area contributed by atoms with Crippen LogP contribution in [0.5, 0.6) is 0 Å². The lowest BCUT2D eigenvalue weighted by atomic mass is 10.0. The molecule has 0 bridgehead atoms. The summed E-state index contributed by atoms with van der Waals surface area (Å²) in [6.07, 6.45) is 0.636. The Morgan fingerprint density at radius 2 is 1.91 bits per heavy atom. The van der Waals surface area contributed by atoms with Gasteiger partial charge < -0.3 is 5.32 Å². The molecule has 2 unspecified atom stereocenters. The van der Waals surface area contributed by atoms with Gasteiger partial charge >= 0.3 is 0 Å². The van der Waals surface area contributed by atoms with Gasteiger partial charge in [-0.1, -0.05) is 47.5 Å². The van der Waals surface area contributed by atoms with E-state index in [1.54, 1.807) is 12.1 Å². The average Bonchev–Trinajstić information content (AvgIpc) is 2.99. The lowest BCUT2D eigenvalue weighted by Gasteiger charge is -2.11. The Morgan fingerprint density at radius 1 is 1.09 bits per heavy atom. The first kappa shape index (κ1) is 15.3. The Hall–Kier alpha value is -1.59. The average molecular weight is 336 g/mol. The molecule has 22 heavy (non-hydrogen) atoms. The first-order valence-electron chi connectivity index (χ1n) is 6.95. The fourth-order valence-electron chi connectivity index (χ4n) is 2.45. The maximum atomic E-state index is 12.3. The van der Waals surface area contributed by atoms with Crippen LogP contribution in [-0.2, 0) is 4.79 Å². The number of hydrogen-bond acceptors (Lipinski definition) is 3. The normalized spacial score (nSPS) is 20.8. The topological polar surface area (TPSA) is 53.2 Å². The molecule has 0 aromatic heterocycles. The number of carbonyl (C=O) groups is 1. The molecule has 1 aliphatic heterocycles. The van der Waals surface area contributed by atoms with Gasteiger partial charge in [0.15, 0.2) is 0 Å². The quantitative estimate of drug-likeness (QED) is 0.804. The molecule has 2 aromatic carbocycles. The summed E-state index contributed by atoms with van der Waals surface area (Å²) < 4.78 is 0. The number of rotatable bonds is 3. The van der Waals surface area contributed by atoms with E-state index in [4.69, 9.17) is 23.2 Å². The summed E-state index contributed by atoms with van der Waals surface area (Å²) in [6.45, 7) is 0. The minimum Gasteiger partial charge on any atom is -0.323 e. The summed E-state index contributed by atoms with van der Waals surface area (Å²) in [5.41, 5.74) is 7.81. The summed E-state index contributed by atoms with van der Waals surface area (Å²) in [6, 6.07) is 14.5. The van der Waals surface area contributed by atoms with Gasteiger partial charge in [-0.25, -0.2) is 10.9 Å². The summed E-state index contributed by atoms with van der Waals surface area (Å²) in [7, 11) is 0. The van der Waals surface area contributed by atoms with Crippen molar-refractivity contribution in [2.24, 2.45) is 0 Å². The molecule has 1 amide bonds. The molecule has 1 fully saturated rings. The molecule has 3 N–H and O–H groups in total. The molecule has 114 valence electrons. The van der Waals surface area contributed by atoms with E-state index in [1.165, 1.54) is 0 Å². The zero-order valence-electron chi connectivity index (χ0n) is 11.6. The molecule has 4 nitrogen and oxygen atoms in total. The highest BCUT2D eigenvalue weighted by molar-refractivity contribution is 6.33. The predicted octanol–water partition coefficient (Wildman–Crippen LogP) is 3.54. The maximum Gasteiger partial charge on any atom is 0.242 e. The van der Waals surface area contributed by atoms with E-state index in [0.717, 1.165) is 5.56 Å². The number of carbonyl (C=O) groups excluding carboxylic acids is 1. The number of amides is 1. The molecule has 1 saturated heterocycles. The van der Waals surface area contributed by atoms with Gasteiger partial charge in [0.1, 0.15) is 6.04 Å². The van der Waals surface area contributed by atoms with Crippen molar-refractivity contribution in [3.8, 4) is 0 Å². The van der Waals surface area contributed by atoms with E-state index in [1.807, 2.05) is 36.4 Å². The lowest BCUT2D eigenvalue weighted by molar-refractivity contribution is -0.117. The van der Waals surface area contributed by atoms with Gasteiger partial charge in [-0.2, -0.15) is 0 Å². The molecule has 0 spiro atoms. The van der Waals surface area contributed by atoms with Gasteiger partial charge in [-0.3, -0.25) is 4.79 Å². The highest BCUT2D eigenvalue weighted by Crippen LogP contribution is 2.26. The first-order valence-corrected chi connectivity index (χ1v) is 7.71. The molecule has 2 aromatic rings. The monoisotopic (exact) mass is 335 g/mol. The standard InChI is InChI=1S/C16H15Cl2N3O/c17-11-5-3-4-10(8-11)14-9-15(21-20-14)16(22)19-13-7-2-1-6-12(13)18/h1-8,14-15,20-21H,9H2,(H,19,22). The molecule has 3 rings (SSSR count). The second-order valence-electron chi connectivity index (χ2n) is 5.15. The van der Waals surface area contributed by atoms with Crippen LogP contribution in [0.1, 0.15) is 18.0 Å². The van der Waals surface area contributed by atoms with E-state index in [2.05, 4.69) is 16.2 Å². The fourth-order valence-corrected chi connectivity index (χ4v) is 2.83. The van der Waals surface area contributed by atoms with Crippen molar-refractivity contribution in [2.75, 3.05) is 5.32 Å². The van der Waals surface area contributed by atoms with E-state index >= 15 is 0 Å². The van der Waals surface area contributed by atoms with Gasteiger partial charge in [-0.15, -0.1) is 0 Å². The lowest BCUT2D eigenvalue weighted by Crippen LogP contribution is -2.39. The molecular weight excluding hydrogens is 321 g/mol. The minimum atomic E-state index is -0.333. The van der Waals surface area contributed by atoms with Crippen LogP contribution in [0.3, 0.4) is 0 Å². The fraction of sp³-hybridized carbons (Fsp3) is 0.188. The molecular formula is C16H15Cl2N3O. The van der Waals surface area contributed by atoms with Crippen LogP contribution in [0.25, 0.3) is 0 Å². The molecule has 1 heterocycles. The van der Waals surface area contributed by atoms with Crippen LogP contribution in [0.4, 0.5) is 5.69 Å². The van der Waals surface area contributed by atoms with Crippen LogP contribution in [-0.4, -0.2) is 11.9 Å². The summed E-state index contributed by atoms with van der Waals surface area (Å²) in [4.78, 5) is 12.3. The third-order valence-electron chi connectivity index (χ3n) is 3.60. The summed E-state index contributed by atoms with van der Waals surface area (Å²) >= 11 is 12.1. The van der Waals surface area contributed by atoms with E-state index in [0.29, 0.717) is 22.2 Å². The zero-order chi connectivity index (χ0) is 15.5. The summed E-state index contributed by atoms with van der Waals surface area (Å²) in [5.74, 6) is -0.120. The number of benzene rings is 2. The second-order valence-corrected chi connectivity index (χ2v) is 6.00. The van der Waals surface area contributed by atoms with Gasteiger partial charge in [-0.05, 0) is 36.2 Å². The van der Waals surface area contributed by atoms with Gasteiger partial charge in [0.2, 0.25) is 5.91 Å². The SMILES string of the molecule is O=C(Nc1ccccc1Cl)C1CC(c2cccc(Cl)c2)NN1. The molecule has 0 radical (unpaired) electrons. The van der Waals surface area contributed by atoms with Gasteiger partial charge in [0, 0.05) is 11.1 Å². The maximum absolute atomic E-state index is 12.3. The largest absolute Gasteiger partial charge is 0.323 e. The number of para-hydroxylation sites is 1. The van der Waals surface area contributed by atoms with Crippen molar-refractivity contribution in [3.05, 3.63) is 64.1 Å². The number of anilines is 1. The second kappa shape index (κ2) is 6.67. The van der Waals surface area contributed by atoms with Crippen molar-refractivity contribution in [2.45, 2.75) is 18.5 Å². The van der Waals surface area contributed by atoms with Crippen LogP contribution in [0, 0.1) is 0 Å². The first-order chi connectivity index (χ1) is 10.6. The Labute approximate surface area is 138 Å². The van der Waals surface area contributed by atoms with Crippen molar-refractivity contribution in [1.29, 1.82) is 0 Å². The Kier molecular flexibility index (Phi) is 4.64. The van der Waals surface area contributed by atoms with E-state index in [-0.39, 0.29) is 18.0 Å².